The molecule has 2 atom stereocenters. The van der Waals surface area contributed by atoms with Crippen LogP contribution in [0.15, 0.2) is 24.3 Å². The number of benzene rings is 1. The smallest absolute Gasteiger partial charge is 0.317 e. The van der Waals surface area contributed by atoms with Crippen molar-refractivity contribution in [1.82, 2.24) is 15.2 Å². The molecule has 0 bridgehead atoms. The summed E-state index contributed by atoms with van der Waals surface area (Å²) in [6.07, 6.45) is 3.39. The van der Waals surface area contributed by atoms with Crippen molar-refractivity contribution in [3.8, 4) is 0 Å². The minimum absolute atomic E-state index is 0.00958. The van der Waals surface area contributed by atoms with Crippen molar-refractivity contribution in [2.75, 3.05) is 19.6 Å². The minimum Gasteiger partial charge on any atom is -0.393 e. The van der Waals surface area contributed by atoms with Gasteiger partial charge in [-0.2, -0.15) is 0 Å². The predicted octanol–water partition coefficient (Wildman–Crippen LogP) is 3.03. The summed E-state index contributed by atoms with van der Waals surface area (Å²) < 4.78 is 1.22. The molecule has 0 radical (unpaired) electrons. The van der Waals surface area contributed by atoms with Gasteiger partial charge in [0.15, 0.2) is 0 Å². The fraction of sp³-hybridized carbons (Fsp3) is 0.556. The molecule has 0 aliphatic carbocycles. The Balaban J connectivity index is 1.42. The number of carbonyl (C=O) groups is 1. The Labute approximate surface area is 146 Å². The van der Waals surface area contributed by atoms with E-state index in [1.54, 1.807) is 11.3 Å². The van der Waals surface area contributed by atoms with Gasteiger partial charge in [0.2, 0.25) is 0 Å². The second kappa shape index (κ2) is 7.94. The summed E-state index contributed by atoms with van der Waals surface area (Å²) in [5.41, 5.74) is 1.05. The second-order valence-corrected chi connectivity index (χ2v) is 7.61. The fourth-order valence-electron chi connectivity index (χ4n) is 3.16. The van der Waals surface area contributed by atoms with Crippen LogP contribution in [0.1, 0.15) is 31.2 Å². The van der Waals surface area contributed by atoms with E-state index in [1.807, 2.05) is 30.0 Å². The van der Waals surface area contributed by atoms with Gasteiger partial charge in [-0.15, -0.1) is 11.3 Å². The number of thiazole rings is 1. The van der Waals surface area contributed by atoms with Crippen LogP contribution in [0.3, 0.4) is 0 Å². The number of carbonyl (C=O) groups excluding carboxylic acids is 1. The number of aromatic nitrogens is 1. The molecule has 1 fully saturated rings. The molecule has 24 heavy (non-hydrogen) atoms. The Morgan fingerprint density at radius 1 is 1.50 bits per heavy atom. The summed E-state index contributed by atoms with van der Waals surface area (Å²) in [7, 11) is 0. The van der Waals surface area contributed by atoms with Crippen LogP contribution in [0.2, 0.25) is 0 Å². The first kappa shape index (κ1) is 17.2. The number of nitrogens with one attached hydrogen (secondary N) is 1. The minimum atomic E-state index is -0.348. The zero-order valence-corrected chi connectivity index (χ0v) is 14.9. The van der Waals surface area contributed by atoms with E-state index in [-0.39, 0.29) is 18.1 Å². The zero-order valence-electron chi connectivity index (χ0n) is 14.1. The highest BCUT2D eigenvalue weighted by Crippen LogP contribution is 2.22. The number of likely N-dealkylation sites (tertiary alicyclic amines) is 1. The maximum absolute atomic E-state index is 12.2. The molecular weight excluding hydrogens is 322 g/mol. The lowest BCUT2D eigenvalue weighted by Crippen LogP contribution is -2.47. The number of hydrogen-bond acceptors (Lipinski definition) is 4. The highest BCUT2D eigenvalue weighted by molar-refractivity contribution is 7.18. The highest BCUT2D eigenvalue weighted by Gasteiger charge is 2.26. The van der Waals surface area contributed by atoms with Crippen molar-refractivity contribution in [3.63, 3.8) is 0 Å². The summed E-state index contributed by atoms with van der Waals surface area (Å²) in [4.78, 5) is 18.7. The van der Waals surface area contributed by atoms with E-state index >= 15 is 0 Å². The second-order valence-electron chi connectivity index (χ2n) is 6.50. The van der Waals surface area contributed by atoms with Crippen molar-refractivity contribution >= 4 is 27.6 Å². The van der Waals surface area contributed by atoms with E-state index < -0.39 is 0 Å². The van der Waals surface area contributed by atoms with Crippen LogP contribution in [0, 0.1) is 5.92 Å². The molecule has 5 nitrogen and oxygen atoms in total. The molecule has 2 aromatic rings. The topological polar surface area (TPSA) is 65.5 Å². The number of aryl methyl sites for hydroxylation is 1. The monoisotopic (exact) mass is 347 g/mol. The molecule has 1 aliphatic rings. The average molecular weight is 347 g/mol. The average Bonchev–Trinajstić information content (AvgIpc) is 3.01. The van der Waals surface area contributed by atoms with Gasteiger partial charge in [0, 0.05) is 32.0 Å². The van der Waals surface area contributed by atoms with Crippen molar-refractivity contribution in [1.29, 1.82) is 0 Å². The van der Waals surface area contributed by atoms with E-state index in [0.29, 0.717) is 13.1 Å². The quantitative estimate of drug-likeness (QED) is 0.817. The van der Waals surface area contributed by atoms with E-state index in [2.05, 4.69) is 16.4 Å². The highest BCUT2D eigenvalue weighted by atomic mass is 32.1. The number of para-hydroxylation sites is 1. The van der Waals surface area contributed by atoms with Crippen molar-refractivity contribution < 1.29 is 9.90 Å². The number of hydrogen-bond donors (Lipinski definition) is 2. The van der Waals surface area contributed by atoms with Gasteiger partial charge >= 0.3 is 6.03 Å². The number of amides is 2. The van der Waals surface area contributed by atoms with E-state index in [0.717, 1.165) is 42.8 Å². The third-order valence-electron chi connectivity index (χ3n) is 4.61. The number of aliphatic hydroxyl groups is 1. The third kappa shape index (κ3) is 4.24. The van der Waals surface area contributed by atoms with Crippen LogP contribution in [0.25, 0.3) is 10.2 Å². The number of nitrogens with zero attached hydrogens (tertiary/aromatic N) is 2. The van der Waals surface area contributed by atoms with E-state index in [4.69, 9.17) is 0 Å². The lowest BCUT2D eigenvalue weighted by Gasteiger charge is -2.34. The summed E-state index contributed by atoms with van der Waals surface area (Å²) in [5.74, 6) is 0.201. The number of piperidine rings is 1. The molecule has 1 aromatic carbocycles. The molecule has 3 rings (SSSR count). The lowest BCUT2D eigenvalue weighted by atomic mass is 9.94. The Morgan fingerprint density at radius 2 is 2.33 bits per heavy atom. The van der Waals surface area contributed by atoms with Crippen molar-refractivity contribution in [2.45, 2.75) is 38.7 Å². The first-order chi connectivity index (χ1) is 11.6. The van der Waals surface area contributed by atoms with Gasteiger partial charge in [-0.25, -0.2) is 9.78 Å². The van der Waals surface area contributed by atoms with E-state index in [9.17, 15) is 9.90 Å². The molecule has 1 saturated heterocycles. The Kier molecular flexibility index (Phi) is 5.68. The van der Waals surface area contributed by atoms with Crippen LogP contribution in [-0.2, 0) is 6.42 Å². The molecular formula is C18H25N3O2S. The maximum atomic E-state index is 12.2. The predicted molar refractivity (Wildman–Crippen MR) is 97.3 cm³/mol. The van der Waals surface area contributed by atoms with Gasteiger partial charge in [0.25, 0.3) is 0 Å². The maximum Gasteiger partial charge on any atom is 0.317 e. The van der Waals surface area contributed by atoms with Gasteiger partial charge in [-0.3, -0.25) is 0 Å². The Hall–Kier alpha value is -1.66. The first-order valence-corrected chi connectivity index (χ1v) is 9.50. The first-order valence-electron chi connectivity index (χ1n) is 8.69. The van der Waals surface area contributed by atoms with Gasteiger partial charge < -0.3 is 15.3 Å². The number of urea groups is 1. The largest absolute Gasteiger partial charge is 0.393 e. The lowest BCUT2D eigenvalue weighted by molar-refractivity contribution is 0.0739. The number of fused-ring (bicyclic) bond motifs is 1. The van der Waals surface area contributed by atoms with Gasteiger partial charge in [0.05, 0.1) is 21.3 Å². The third-order valence-corrected chi connectivity index (χ3v) is 5.71. The zero-order chi connectivity index (χ0) is 16.9. The van der Waals surface area contributed by atoms with Crippen LogP contribution in [0.4, 0.5) is 4.79 Å². The van der Waals surface area contributed by atoms with Crippen LogP contribution in [-0.4, -0.2) is 46.8 Å². The fourth-order valence-corrected chi connectivity index (χ4v) is 4.17. The summed E-state index contributed by atoms with van der Waals surface area (Å²) in [6.45, 7) is 3.91. The molecule has 0 saturated carbocycles. The molecule has 2 N–H and O–H groups in total. The molecule has 130 valence electrons. The van der Waals surface area contributed by atoms with Crippen molar-refractivity contribution in [2.24, 2.45) is 5.92 Å². The van der Waals surface area contributed by atoms with Crippen LogP contribution < -0.4 is 5.32 Å². The standard InChI is InChI=1S/C18H25N3O2S/c1-13(22)14-6-5-11-21(12-14)18(23)19-10-4-9-17-20-15-7-2-3-8-16(15)24-17/h2-3,7-8,13-14,22H,4-6,9-12H2,1H3,(H,19,23). The summed E-state index contributed by atoms with van der Waals surface area (Å²) in [5, 5.41) is 13.8. The Morgan fingerprint density at radius 3 is 3.12 bits per heavy atom. The molecule has 2 unspecified atom stereocenters. The van der Waals surface area contributed by atoms with Crippen LogP contribution in [0.5, 0.6) is 0 Å². The van der Waals surface area contributed by atoms with Crippen LogP contribution >= 0.6 is 11.3 Å². The number of rotatable bonds is 5. The Bertz CT molecular complexity index is 653. The molecule has 1 aromatic heterocycles. The van der Waals surface area contributed by atoms with E-state index in [1.165, 1.54) is 4.70 Å². The molecule has 2 amide bonds. The van der Waals surface area contributed by atoms with Gasteiger partial charge in [-0.05, 0) is 38.3 Å². The SMILES string of the molecule is CC(O)C1CCCN(C(=O)NCCCc2nc3ccccc3s2)C1. The number of aliphatic hydroxyl groups excluding tert-OH is 1. The molecule has 2 heterocycles. The summed E-state index contributed by atoms with van der Waals surface area (Å²) >= 11 is 1.73. The van der Waals surface area contributed by atoms with Crippen molar-refractivity contribution in [3.05, 3.63) is 29.3 Å². The molecule has 0 spiro atoms. The molecule has 6 heteroatoms. The molecule has 1 aliphatic heterocycles. The van der Waals surface area contributed by atoms with Gasteiger partial charge in [-0.1, -0.05) is 12.1 Å². The summed E-state index contributed by atoms with van der Waals surface area (Å²) in [6, 6.07) is 8.15. The van der Waals surface area contributed by atoms with Gasteiger partial charge in [0.1, 0.15) is 0 Å². The normalized spacial score (nSPS) is 19.4.